The molecule has 0 spiro atoms. The number of nitrogens with one attached hydrogen (secondary N) is 1. The van der Waals surface area contributed by atoms with E-state index in [0.717, 1.165) is 23.4 Å². The van der Waals surface area contributed by atoms with Gasteiger partial charge in [0.25, 0.3) is 5.91 Å². The average Bonchev–Trinajstić information content (AvgIpc) is 3.14. The van der Waals surface area contributed by atoms with Crippen molar-refractivity contribution in [3.05, 3.63) is 65.5 Å². The molecule has 0 unspecified atom stereocenters. The molecule has 0 aliphatic carbocycles. The minimum atomic E-state index is -1.02. The molecule has 3 N–H and O–H groups in total. The molecule has 6 nitrogen and oxygen atoms in total. The Kier molecular flexibility index (Phi) is 6.45. The van der Waals surface area contributed by atoms with E-state index >= 15 is 0 Å². The Morgan fingerprint density at radius 2 is 1.85 bits per heavy atom. The molecule has 1 amide bonds. The number of imidazole rings is 1. The lowest BCUT2D eigenvalue weighted by atomic mass is 10.0. The normalized spacial score (nSPS) is 15.3. The van der Waals surface area contributed by atoms with Gasteiger partial charge in [0.15, 0.2) is 11.6 Å². The largest absolute Gasteiger partial charge is 0.340 e. The maximum Gasteiger partial charge on any atom is 0.253 e. The van der Waals surface area contributed by atoms with Gasteiger partial charge in [-0.05, 0) is 43.2 Å². The molecule has 0 radical (unpaired) electrons. The van der Waals surface area contributed by atoms with Crippen molar-refractivity contribution >= 4 is 40.0 Å². The smallest absolute Gasteiger partial charge is 0.253 e. The van der Waals surface area contributed by atoms with E-state index in [1.807, 2.05) is 72.2 Å². The molecule has 1 atom stereocenters. The number of carbonyl (C=O) groups is 1. The fraction of sp³-hybridized carbons (Fsp3) is 0.333. The van der Waals surface area contributed by atoms with E-state index in [4.69, 9.17) is 10.7 Å². The molecule has 33 heavy (non-hydrogen) atoms. The molecule has 1 aliphatic heterocycles. The van der Waals surface area contributed by atoms with Gasteiger partial charge in [0.05, 0.1) is 6.54 Å². The maximum absolute atomic E-state index is 14.0. The van der Waals surface area contributed by atoms with Crippen LogP contribution in [-0.4, -0.2) is 30.4 Å². The van der Waals surface area contributed by atoms with Crippen molar-refractivity contribution in [1.29, 1.82) is 0 Å². The summed E-state index contributed by atoms with van der Waals surface area (Å²) in [7, 11) is 0. The third-order valence-electron chi connectivity index (χ3n) is 5.94. The second-order valence-corrected chi connectivity index (χ2v) is 10.4. The number of hydrogen-bond donors (Lipinski definition) is 2. The molecule has 0 saturated carbocycles. The molecule has 1 aromatic heterocycles. The SMILES string of the molecule is Cc1ccc(Nc2c(-c3ccc(F)c(F)c3)nc3n2CCN(C(=O)[C@@](N)(I)C(C)C)C3)cc1. The van der Waals surface area contributed by atoms with Crippen LogP contribution in [0.4, 0.5) is 20.3 Å². The number of halogens is 3. The molecular weight excluding hydrogens is 539 g/mol. The second kappa shape index (κ2) is 9.02. The molecule has 9 heteroatoms. The lowest BCUT2D eigenvalue weighted by molar-refractivity contribution is -0.135. The van der Waals surface area contributed by atoms with Crippen LogP contribution in [-0.2, 0) is 17.9 Å². The topological polar surface area (TPSA) is 76.2 Å². The number of benzene rings is 2. The Morgan fingerprint density at radius 3 is 2.48 bits per heavy atom. The Morgan fingerprint density at radius 1 is 1.15 bits per heavy atom. The van der Waals surface area contributed by atoms with Gasteiger partial charge in [0, 0.05) is 24.3 Å². The first-order valence-electron chi connectivity index (χ1n) is 10.7. The average molecular weight is 565 g/mol. The summed E-state index contributed by atoms with van der Waals surface area (Å²) in [6.45, 7) is 7.08. The predicted molar refractivity (Wildman–Crippen MR) is 133 cm³/mol. The first-order valence-corrected chi connectivity index (χ1v) is 11.8. The van der Waals surface area contributed by atoms with Gasteiger partial charge in [-0.3, -0.25) is 4.79 Å². The predicted octanol–water partition coefficient (Wildman–Crippen LogP) is 4.97. The monoisotopic (exact) mass is 565 g/mol. The lowest BCUT2D eigenvalue weighted by Gasteiger charge is -2.35. The molecule has 0 saturated heterocycles. The maximum atomic E-state index is 14.0. The summed E-state index contributed by atoms with van der Waals surface area (Å²) in [6, 6.07) is 11.6. The van der Waals surface area contributed by atoms with Gasteiger partial charge < -0.3 is 20.5 Å². The highest BCUT2D eigenvalue weighted by Crippen LogP contribution is 2.35. The quantitative estimate of drug-likeness (QED) is 0.260. The Bertz CT molecular complexity index is 1190. The van der Waals surface area contributed by atoms with Crippen molar-refractivity contribution < 1.29 is 13.6 Å². The zero-order valence-corrected chi connectivity index (χ0v) is 20.9. The minimum Gasteiger partial charge on any atom is -0.340 e. The molecule has 1 aliphatic rings. The van der Waals surface area contributed by atoms with Crippen molar-refractivity contribution in [3.63, 3.8) is 0 Å². The zero-order chi connectivity index (χ0) is 23.9. The highest BCUT2D eigenvalue weighted by atomic mass is 127. The lowest BCUT2D eigenvalue weighted by Crippen LogP contribution is -2.55. The Labute approximate surface area is 205 Å². The van der Waals surface area contributed by atoms with Crippen LogP contribution in [0.2, 0.25) is 0 Å². The summed E-state index contributed by atoms with van der Waals surface area (Å²) in [5.41, 5.74) is 9.22. The van der Waals surface area contributed by atoms with Gasteiger partial charge in [0.1, 0.15) is 20.9 Å². The summed E-state index contributed by atoms with van der Waals surface area (Å²) < 4.78 is 28.6. The van der Waals surface area contributed by atoms with E-state index < -0.39 is 15.2 Å². The van der Waals surface area contributed by atoms with Crippen LogP contribution in [0.5, 0.6) is 0 Å². The number of alkyl halides is 1. The van der Waals surface area contributed by atoms with Crippen molar-refractivity contribution in [3.8, 4) is 11.3 Å². The van der Waals surface area contributed by atoms with Crippen molar-refractivity contribution in [2.24, 2.45) is 11.7 Å². The van der Waals surface area contributed by atoms with Crippen LogP contribution < -0.4 is 11.1 Å². The number of carbonyl (C=O) groups excluding carboxylic acids is 1. The molecule has 174 valence electrons. The third-order valence-corrected chi connectivity index (χ3v) is 7.64. The first kappa shape index (κ1) is 23.6. The van der Waals surface area contributed by atoms with E-state index in [1.165, 1.54) is 6.07 Å². The number of rotatable bonds is 5. The van der Waals surface area contributed by atoms with Gasteiger partial charge in [-0.2, -0.15) is 0 Å². The number of nitrogens with two attached hydrogens (primary N) is 1. The van der Waals surface area contributed by atoms with Crippen LogP contribution in [0.25, 0.3) is 11.3 Å². The van der Waals surface area contributed by atoms with Gasteiger partial charge in [-0.1, -0.05) is 54.1 Å². The standard InChI is InChI=1S/C24H26F2IN5O/c1-14(2)24(27,28)23(33)31-10-11-32-20(13-31)30-21(16-6-9-18(25)19(26)12-16)22(32)29-17-7-4-15(3)5-8-17/h4-9,12,14,29H,10-11,13,28H2,1-3H3/t24-/m1/s1. The van der Waals surface area contributed by atoms with Crippen molar-refractivity contribution in [2.75, 3.05) is 11.9 Å². The van der Waals surface area contributed by atoms with Crippen LogP contribution in [0.1, 0.15) is 25.2 Å². The molecule has 2 aromatic carbocycles. The van der Waals surface area contributed by atoms with Crippen LogP contribution in [0.3, 0.4) is 0 Å². The fourth-order valence-corrected chi connectivity index (χ4v) is 4.08. The Hall–Kier alpha value is -2.53. The zero-order valence-electron chi connectivity index (χ0n) is 18.7. The summed E-state index contributed by atoms with van der Waals surface area (Å²) in [5, 5.41) is 3.39. The number of fused-ring (bicyclic) bond motifs is 1. The molecule has 0 fully saturated rings. The third kappa shape index (κ3) is 4.61. The van der Waals surface area contributed by atoms with E-state index in [1.54, 1.807) is 4.90 Å². The van der Waals surface area contributed by atoms with Crippen molar-refractivity contribution in [1.82, 2.24) is 14.5 Å². The van der Waals surface area contributed by atoms with Crippen LogP contribution in [0.15, 0.2) is 42.5 Å². The summed E-state index contributed by atoms with van der Waals surface area (Å²) in [5.74, 6) is -0.711. The highest BCUT2D eigenvalue weighted by Gasteiger charge is 2.39. The molecule has 2 heterocycles. The van der Waals surface area contributed by atoms with Crippen molar-refractivity contribution in [2.45, 2.75) is 37.4 Å². The number of aromatic nitrogens is 2. The summed E-state index contributed by atoms with van der Waals surface area (Å²) >= 11 is 2.01. The Balaban J connectivity index is 1.74. The number of hydrogen-bond acceptors (Lipinski definition) is 4. The van der Waals surface area contributed by atoms with E-state index in [-0.39, 0.29) is 18.4 Å². The number of anilines is 2. The molecule has 0 bridgehead atoms. The van der Waals surface area contributed by atoms with Crippen LogP contribution >= 0.6 is 22.6 Å². The van der Waals surface area contributed by atoms with Gasteiger partial charge >= 0.3 is 0 Å². The van der Waals surface area contributed by atoms with Crippen LogP contribution in [0, 0.1) is 24.5 Å². The number of amides is 1. The molecule has 3 aromatic rings. The van der Waals surface area contributed by atoms with E-state index in [0.29, 0.717) is 36.0 Å². The summed E-state index contributed by atoms with van der Waals surface area (Å²) in [4.78, 5) is 19.5. The van der Waals surface area contributed by atoms with Gasteiger partial charge in [0.2, 0.25) is 0 Å². The number of aryl methyl sites for hydroxylation is 1. The van der Waals surface area contributed by atoms with E-state index in [9.17, 15) is 13.6 Å². The summed E-state index contributed by atoms with van der Waals surface area (Å²) in [6.07, 6.45) is 0. The highest BCUT2D eigenvalue weighted by molar-refractivity contribution is 14.1. The second-order valence-electron chi connectivity index (χ2n) is 8.65. The minimum absolute atomic E-state index is 0.0382. The fourth-order valence-electron chi connectivity index (χ4n) is 3.74. The number of nitrogens with zero attached hydrogens (tertiary/aromatic N) is 3. The van der Waals surface area contributed by atoms with E-state index in [2.05, 4.69) is 5.32 Å². The molecule has 4 rings (SSSR count). The van der Waals surface area contributed by atoms with Gasteiger partial charge in [-0.25, -0.2) is 13.8 Å². The molecular formula is C24H26F2IN5O. The van der Waals surface area contributed by atoms with Gasteiger partial charge in [-0.15, -0.1) is 0 Å². The first-order chi connectivity index (χ1) is 15.6.